The summed E-state index contributed by atoms with van der Waals surface area (Å²) in [6, 6.07) is 11.0. The number of anilines is 1. The van der Waals surface area contributed by atoms with Crippen LogP contribution < -0.4 is 4.90 Å². The van der Waals surface area contributed by atoms with Crippen molar-refractivity contribution in [3.8, 4) is 0 Å². The summed E-state index contributed by atoms with van der Waals surface area (Å²) in [7, 11) is -1.47. The maximum Gasteiger partial charge on any atom is 0.206 e. The minimum atomic E-state index is -3.62. The third-order valence-electron chi connectivity index (χ3n) is 5.55. The third kappa shape index (κ3) is 3.12. The zero-order chi connectivity index (χ0) is 18.3. The van der Waals surface area contributed by atoms with E-state index in [1.54, 1.807) is 12.1 Å². The largest absolute Gasteiger partial charge is 0.368 e. The molecule has 0 saturated carbocycles. The summed E-state index contributed by atoms with van der Waals surface area (Å²) >= 11 is 0. The van der Waals surface area contributed by atoms with Crippen LogP contribution in [0.4, 0.5) is 10.1 Å². The quantitative estimate of drug-likeness (QED) is 0.774. The van der Waals surface area contributed by atoms with E-state index in [9.17, 15) is 12.8 Å². The number of likely N-dealkylation sites (tertiary alicyclic amines) is 1. The van der Waals surface area contributed by atoms with Crippen molar-refractivity contribution in [2.75, 3.05) is 31.6 Å². The van der Waals surface area contributed by atoms with Crippen LogP contribution in [0.5, 0.6) is 0 Å². The van der Waals surface area contributed by atoms with Crippen molar-refractivity contribution < 1.29 is 12.8 Å². The monoisotopic (exact) mass is 374 g/mol. The lowest BCUT2D eigenvalue weighted by Crippen LogP contribution is -2.43. The molecule has 4 nitrogen and oxygen atoms in total. The highest BCUT2D eigenvalue weighted by atomic mass is 32.2. The molecule has 2 aromatic rings. The van der Waals surface area contributed by atoms with Gasteiger partial charge in [-0.25, -0.2) is 12.8 Å². The second-order valence-corrected chi connectivity index (χ2v) is 9.18. The number of rotatable bonds is 3. The van der Waals surface area contributed by atoms with Crippen molar-refractivity contribution in [2.45, 2.75) is 35.1 Å². The van der Waals surface area contributed by atoms with Gasteiger partial charge in [0.25, 0.3) is 0 Å². The van der Waals surface area contributed by atoms with Gasteiger partial charge in [-0.05, 0) is 87.4 Å². The second-order valence-electron chi connectivity index (χ2n) is 7.23. The van der Waals surface area contributed by atoms with Crippen LogP contribution in [0.3, 0.4) is 0 Å². The van der Waals surface area contributed by atoms with Gasteiger partial charge in [0.1, 0.15) is 5.82 Å². The zero-order valence-corrected chi connectivity index (χ0v) is 15.7. The maximum absolute atomic E-state index is 13.1. The lowest BCUT2D eigenvalue weighted by atomic mass is 10.0. The van der Waals surface area contributed by atoms with Crippen LogP contribution in [0.15, 0.2) is 52.3 Å². The molecule has 2 aliphatic heterocycles. The van der Waals surface area contributed by atoms with Gasteiger partial charge in [-0.15, -0.1) is 0 Å². The van der Waals surface area contributed by atoms with Crippen LogP contribution in [0.2, 0.25) is 0 Å². The summed E-state index contributed by atoms with van der Waals surface area (Å²) < 4.78 is 38.7. The molecule has 2 aromatic carbocycles. The molecule has 0 bridgehead atoms. The van der Waals surface area contributed by atoms with E-state index in [4.69, 9.17) is 0 Å². The first kappa shape index (κ1) is 17.5. The van der Waals surface area contributed by atoms with E-state index in [-0.39, 0.29) is 9.79 Å². The molecule has 6 heteroatoms. The Morgan fingerprint density at radius 1 is 0.962 bits per heavy atom. The van der Waals surface area contributed by atoms with E-state index in [0.29, 0.717) is 6.04 Å². The van der Waals surface area contributed by atoms with E-state index < -0.39 is 15.7 Å². The predicted octanol–water partition coefficient (Wildman–Crippen LogP) is 3.12. The van der Waals surface area contributed by atoms with Crippen LogP contribution in [0.1, 0.15) is 18.4 Å². The highest BCUT2D eigenvalue weighted by molar-refractivity contribution is 7.91. The molecule has 2 heterocycles. The Bertz CT molecular complexity index is 904. The summed E-state index contributed by atoms with van der Waals surface area (Å²) in [5.74, 6) is -0.438. The molecular weight excluding hydrogens is 351 g/mol. The Hall–Kier alpha value is -1.92. The Labute approximate surface area is 154 Å². The summed E-state index contributed by atoms with van der Waals surface area (Å²) in [6.07, 6.45) is 3.16. The Morgan fingerprint density at radius 3 is 2.31 bits per heavy atom. The molecule has 0 aromatic heterocycles. The lowest BCUT2D eigenvalue weighted by molar-refractivity contribution is 0.251. The average molecular weight is 374 g/mol. The fourth-order valence-electron chi connectivity index (χ4n) is 4.01. The lowest BCUT2D eigenvalue weighted by Gasteiger charge is -2.36. The first-order valence-electron chi connectivity index (χ1n) is 9.04. The minimum absolute atomic E-state index is 0.129. The van der Waals surface area contributed by atoms with Gasteiger partial charge in [0.2, 0.25) is 9.84 Å². The molecular formula is C20H23FN2O2S. The predicted molar refractivity (Wildman–Crippen MR) is 99.9 cm³/mol. The second kappa shape index (κ2) is 6.67. The molecule has 2 aliphatic rings. The standard InChI is InChI=1S/C20H23FN2O2S/c1-22-11-9-17(10-12-22)23-13-8-15-14-19(6-7-20(15)23)26(24,25)18-4-2-16(21)3-5-18/h2-7,14,17H,8-13H2,1H3. The number of piperidine rings is 1. The smallest absolute Gasteiger partial charge is 0.206 e. The molecule has 0 atom stereocenters. The van der Waals surface area contributed by atoms with Crippen molar-refractivity contribution in [1.82, 2.24) is 4.90 Å². The van der Waals surface area contributed by atoms with Crippen LogP contribution in [0.25, 0.3) is 0 Å². The number of fused-ring (bicyclic) bond motifs is 1. The van der Waals surface area contributed by atoms with Crippen molar-refractivity contribution in [3.05, 3.63) is 53.8 Å². The average Bonchev–Trinajstić information content (AvgIpc) is 3.06. The van der Waals surface area contributed by atoms with E-state index in [2.05, 4.69) is 16.8 Å². The molecule has 26 heavy (non-hydrogen) atoms. The Balaban J connectivity index is 1.61. The van der Waals surface area contributed by atoms with Gasteiger partial charge < -0.3 is 9.80 Å². The third-order valence-corrected chi connectivity index (χ3v) is 7.31. The van der Waals surface area contributed by atoms with Crippen molar-refractivity contribution >= 4 is 15.5 Å². The molecule has 4 rings (SSSR count). The van der Waals surface area contributed by atoms with E-state index in [1.807, 2.05) is 6.07 Å². The summed E-state index contributed by atoms with van der Waals surface area (Å²) in [4.78, 5) is 5.21. The van der Waals surface area contributed by atoms with Crippen LogP contribution in [-0.2, 0) is 16.3 Å². The summed E-state index contributed by atoms with van der Waals surface area (Å²) in [5, 5.41) is 0. The normalized spacial score (nSPS) is 18.9. The van der Waals surface area contributed by atoms with E-state index >= 15 is 0 Å². The topological polar surface area (TPSA) is 40.6 Å². The van der Waals surface area contributed by atoms with Gasteiger partial charge in [0, 0.05) is 18.3 Å². The zero-order valence-electron chi connectivity index (χ0n) is 14.9. The molecule has 0 spiro atoms. The van der Waals surface area contributed by atoms with Gasteiger partial charge >= 0.3 is 0 Å². The van der Waals surface area contributed by atoms with Crippen LogP contribution in [0, 0.1) is 5.82 Å². The highest BCUT2D eigenvalue weighted by Gasteiger charge is 2.29. The molecule has 138 valence electrons. The maximum atomic E-state index is 13.1. The van der Waals surface area contributed by atoms with Crippen molar-refractivity contribution in [2.24, 2.45) is 0 Å². The summed E-state index contributed by atoms with van der Waals surface area (Å²) in [6.45, 7) is 3.16. The number of nitrogens with zero attached hydrogens (tertiary/aromatic N) is 2. The SMILES string of the molecule is CN1CCC(N2CCc3cc(S(=O)(=O)c4ccc(F)cc4)ccc32)CC1. The van der Waals surface area contributed by atoms with Gasteiger partial charge in [-0.3, -0.25) is 0 Å². The number of benzene rings is 2. The molecule has 0 radical (unpaired) electrons. The molecule has 0 unspecified atom stereocenters. The number of halogens is 1. The van der Waals surface area contributed by atoms with Crippen molar-refractivity contribution in [3.63, 3.8) is 0 Å². The molecule has 1 saturated heterocycles. The molecule has 1 fully saturated rings. The van der Waals surface area contributed by atoms with Gasteiger partial charge in [-0.1, -0.05) is 0 Å². The number of hydrogen-bond donors (Lipinski definition) is 0. The van der Waals surface area contributed by atoms with Crippen molar-refractivity contribution in [1.29, 1.82) is 0 Å². The Kier molecular flexibility index (Phi) is 4.49. The fraction of sp³-hybridized carbons (Fsp3) is 0.400. The van der Waals surface area contributed by atoms with E-state index in [0.717, 1.165) is 50.1 Å². The first-order chi connectivity index (χ1) is 12.4. The molecule has 0 N–H and O–H groups in total. The summed E-state index contributed by atoms with van der Waals surface area (Å²) in [5.41, 5.74) is 2.25. The molecule has 0 aliphatic carbocycles. The highest BCUT2D eigenvalue weighted by Crippen LogP contribution is 2.35. The van der Waals surface area contributed by atoms with Crippen LogP contribution >= 0.6 is 0 Å². The molecule has 0 amide bonds. The van der Waals surface area contributed by atoms with Gasteiger partial charge in [0.05, 0.1) is 9.79 Å². The van der Waals surface area contributed by atoms with Gasteiger partial charge in [-0.2, -0.15) is 0 Å². The van der Waals surface area contributed by atoms with Crippen LogP contribution in [-0.4, -0.2) is 46.0 Å². The fourth-order valence-corrected chi connectivity index (χ4v) is 5.32. The first-order valence-corrected chi connectivity index (χ1v) is 10.5. The van der Waals surface area contributed by atoms with Gasteiger partial charge in [0.15, 0.2) is 0 Å². The minimum Gasteiger partial charge on any atom is -0.368 e. The van der Waals surface area contributed by atoms with E-state index in [1.165, 1.54) is 24.3 Å². The number of hydrogen-bond acceptors (Lipinski definition) is 4. The Morgan fingerprint density at radius 2 is 1.62 bits per heavy atom. The number of sulfone groups is 1.